The Labute approximate surface area is 203 Å². The lowest BCUT2D eigenvalue weighted by Gasteiger charge is -2.17. The molecule has 2 atom stereocenters. The highest BCUT2D eigenvalue weighted by Crippen LogP contribution is 2.30. The number of benzene rings is 1. The number of rotatable bonds is 7. The summed E-state index contributed by atoms with van der Waals surface area (Å²) in [5.41, 5.74) is 9.15. The molecule has 1 aromatic carbocycles. The first-order valence-corrected chi connectivity index (χ1v) is 11.7. The summed E-state index contributed by atoms with van der Waals surface area (Å²) in [5.74, 6) is 1.66. The summed E-state index contributed by atoms with van der Waals surface area (Å²) >= 11 is 0. The van der Waals surface area contributed by atoms with Gasteiger partial charge in [-0.15, -0.1) is 5.10 Å². The zero-order chi connectivity index (χ0) is 24.4. The van der Waals surface area contributed by atoms with Crippen LogP contribution in [0.2, 0.25) is 0 Å². The molecule has 0 radical (unpaired) electrons. The molecule has 0 aliphatic heterocycles. The van der Waals surface area contributed by atoms with Crippen LogP contribution in [0.4, 0.5) is 5.95 Å². The van der Waals surface area contributed by atoms with Crippen LogP contribution in [0.5, 0.6) is 11.6 Å². The van der Waals surface area contributed by atoms with E-state index in [2.05, 4.69) is 27.3 Å². The third-order valence-corrected chi connectivity index (χ3v) is 6.33. The Balaban J connectivity index is 1.35. The molecule has 0 bridgehead atoms. The summed E-state index contributed by atoms with van der Waals surface area (Å²) in [6.45, 7) is 2.58. The molecule has 1 aliphatic rings. The highest BCUT2D eigenvalue weighted by Gasteiger charge is 2.23. The molecule has 3 N–H and O–H groups in total. The van der Waals surface area contributed by atoms with E-state index in [1.165, 1.54) is 13.5 Å². The quantitative estimate of drug-likeness (QED) is 0.419. The van der Waals surface area contributed by atoms with Crippen molar-refractivity contribution in [1.29, 1.82) is 0 Å². The lowest BCUT2D eigenvalue weighted by Crippen LogP contribution is -2.24. The van der Waals surface area contributed by atoms with Gasteiger partial charge in [0.15, 0.2) is 5.65 Å². The largest absolute Gasteiger partial charge is 0.490 e. The number of fused-ring (bicyclic) bond motifs is 1. The Morgan fingerprint density at radius 1 is 1.20 bits per heavy atom. The number of pyridine rings is 2. The summed E-state index contributed by atoms with van der Waals surface area (Å²) in [6, 6.07) is 13.3. The molecule has 5 rings (SSSR count). The van der Waals surface area contributed by atoms with Crippen LogP contribution in [0.3, 0.4) is 0 Å². The van der Waals surface area contributed by atoms with Gasteiger partial charge >= 0.3 is 0 Å². The maximum absolute atomic E-state index is 13.2. The fraction of sp³-hybridized carbons (Fsp3) is 0.308. The van der Waals surface area contributed by atoms with E-state index in [9.17, 15) is 4.79 Å². The average Bonchev–Trinajstić information content (AvgIpc) is 3.46. The van der Waals surface area contributed by atoms with Crippen molar-refractivity contribution in [2.24, 2.45) is 5.92 Å². The number of aromatic nitrogens is 4. The van der Waals surface area contributed by atoms with Crippen LogP contribution in [-0.4, -0.2) is 38.7 Å². The third kappa shape index (κ3) is 4.89. The van der Waals surface area contributed by atoms with Gasteiger partial charge in [0.1, 0.15) is 11.3 Å². The number of nitrogens with zero attached hydrogens (tertiary/aromatic N) is 4. The molecule has 1 amide bonds. The van der Waals surface area contributed by atoms with Gasteiger partial charge in [0.25, 0.3) is 5.91 Å². The summed E-state index contributed by atoms with van der Waals surface area (Å²) in [7, 11) is 1.50. The number of carbonyl (C=O) groups is 1. The summed E-state index contributed by atoms with van der Waals surface area (Å²) in [4.78, 5) is 21.7. The van der Waals surface area contributed by atoms with E-state index in [-0.39, 0.29) is 23.8 Å². The second-order valence-electron chi connectivity index (χ2n) is 8.92. The van der Waals surface area contributed by atoms with E-state index in [0.29, 0.717) is 23.7 Å². The Morgan fingerprint density at radius 2 is 2.06 bits per heavy atom. The number of ether oxygens (including phenoxy) is 2. The fourth-order valence-corrected chi connectivity index (χ4v) is 4.49. The van der Waals surface area contributed by atoms with Gasteiger partial charge in [-0.1, -0.05) is 25.1 Å². The Kier molecular flexibility index (Phi) is 6.22. The van der Waals surface area contributed by atoms with Crippen molar-refractivity contribution in [1.82, 2.24) is 24.9 Å². The number of carbonyl (C=O) groups excluding carboxylic acids is 1. The van der Waals surface area contributed by atoms with Gasteiger partial charge in [-0.2, -0.15) is 4.98 Å². The molecule has 180 valence electrons. The molecule has 3 aromatic heterocycles. The highest BCUT2D eigenvalue weighted by atomic mass is 16.5. The number of para-hydroxylation sites is 1. The van der Waals surface area contributed by atoms with Crippen LogP contribution in [-0.2, 0) is 6.54 Å². The lowest BCUT2D eigenvalue weighted by atomic mass is 10.1. The number of methoxy groups -OCH3 is 1. The molecule has 2 unspecified atom stereocenters. The van der Waals surface area contributed by atoms with Crippen molar-refractivity contribution in [2.75, 3.05) is 12.8 Å². The van der Waals surface area contributed by atoms with Crippen molar-refractivity contribution in [3.05, 3.63) is 66.0 Å². The average molecular weight is 473 g/mol. The highest BCUT2D eigenvalue weighted by molar-refractivity contribution is 5.97. The number of nitrogen functional groups attached to an aromatic ring is 1. The molecule has 35 heavy (non-hydrogen) atoms. The van der Waals surface area contributed by atoms with Gasteiger partial charge in [0.05, 0.1) is 13.2 Å². The maximum atomic E-state index is 13.2. The van der Waals surface area contributed by atoms with Gasteiger partial charge in [0.2, 0.25) is 11.8 Å². The van der Waals surface area contributed by atoms with E-state index in [1.807, 2.05) is 36.4 Å². The van der Waals surface area contributed by atoms with E-state index < -0.39 is 0 Å². The molecule has 1 aliphatic carbocycles. The van der Waals surface area contributed by atoms with E-state index in [4.69, 9.17) is 15.2 Å². The Morgan fingerprint density at radius 3 is 2.86 bits per heavy atom. The smallest absolute Gasteiger partial charge is 0.257 e. The van der Waals surface area contributed by atoms with Gasteiger partial charge in [-0.25, -0.2) is 9.50 Å². The first-order valence-electron chi connectivity index (χ1n) is 11.7. The minimum atomic E-state index is -0.284. The molecular weight excluding hydrogens is 444 g/mol. The van der Waals surface area contributed by atoms with E-state index >= 15 is 0 Å². The topological polar surface area (TPSA) is 117 Å². The van der Waals surface area contributed by atoms with Crippen LogP contribution in [0, 0.1) is 5.92 Å². The predicted octanol–water partition coefficient (Wildman–Crippen LogP) is 3.88. The van der Waals surface area contributed by atoms with Crippen molar-refractivity contribution in [2.45, 2.75) is 38.8 Å². The Bertz CT molecular complexity index is 1370. The normalized spacial score (nSPS) is 17.4. The number of nitrogens with one attached hydrogen (secondary N) is 1. The standard InChI is InChI=1S/C26H28N6O3/c1-16-7-8-20(11-16)35-22-6-4-3-5-18(22)14-28-24(33)21-12-19(15-29-25(21)34-2)17-9-10-32-23(13-17)30-26(27)31-32/h3-6,9-10,12-13,15-16,20H,7-8,11,14H2,1-2H3,(H2,27,31)(H,28,33). The number of hydrogen-bond donors (Lipinski definition) is 2. The first-order chi connectivity index (χ1) is 17.0. The Hall–Kier alpha value is -4.14. The summed E-state index contributed by atoms with van der Waals surface area (Å²) in [6.07, 6.45) is 6.95. The van der Waals surface area contributed by atoms with Crippen LogP contribution >= 0.6 is 0 Å². The second-order valence-corrected chi connectivity index (χ2v) is 8.92. The van der Waals surface area contributed by atoms with Crippen LogP contribution in [0.15, 0.2) is 54.9 Å². The molecule has 0 spiro atoms. The van der Waals surface area contributed by atoms with Crippen LogP contribution < -0.4 is 20.5 Å². The predicted molar refractivity (Wildman–Crippen MR) is 132 cm³/mol. The second kappa shape index (κ2) is 9.61. The van der Waals surface area contributed by atoms with Gasteiger partial charge in [-0.3, -0.25) is 4.79 Å². The fourth-order valence-electron chi connectivity index (χ4n) is 4.49. The molecule has 0 saturated heterocycles. The van der Waals surface area contributed by atoms with Crippen LogP contribution in [0.1, 0.15) is 42.1 Å². The number of amides is 1. The SMILES string of the molecule is COc1ncc(-c2ccn3nc(N)nc3c2)cc1C(=O)NCc1ccccc1OC1CCC(C)C1. The van der Waals surface area contributed by atoms with Crippen LogP contribution in [0.25, 0.3) is 16.8 Å². The summed E-state index contributed by atoms with van der Waals surface area (Å²) < 4.78 is 13.2. The lowest BCUT2D eigenvalue weighted by molar-refractivity contribution is 0.0946. The molecule has 1 saturated carbocycles. The molecular formula is C26H28N6O3. The molecule has 1 fully saturated rings. The van der Waals surface area contributed by atoms with Crippen molar-refractivity contribution >= 4 is 17.5 Å². The van der Waals surface area contributed by atoms with Gasteiger partial charge in [0, 0.05) is 30.1 Å². The van der Waals surface area contributed by atoms with Crippen molar-refractivity contribution in [3.8, 4) is 22.8 Å². The minimum absolute atomic E-state index is 0.196. The monoisotopic (exact) mass is 472 g/mol. The number of anilines is 1. The molecule has 9 heteroatoms. The minimum Gasteiger partial charge on any atom is -0.490 e. The molecule has 4 aromatic rings. The number of nitrogens with two attached hydrogens (primary N) is 1. The molecule has 9 nitrogen and oxygen atoms in total. The zero-order valence-electron chi connectivity index (χ0n) is 19.8. The summed E-state index contributed by atoms with van der Waals surface area (Å²) in [5, 5.41) is 7.08. The van der Waals surface area contributed by atoms with Crippen molar-refractivity contribution < 1.29 is 14.3 Å². The molecule has 3 heterocycles. The number of hydrogen-bond acceptors (Lipinski definition) is 7. The maximum Gasteiger partial charge on any atom is 0.257 e. The van der Waals surface area contributed by atoms with Gasteiger partial charge < -0.3 is 20.5 Å². The van der Waals surface area contributed by atoms with Gasteiger partial charge in [-0.05, 0) is 55.0 Å². The zero-order valence-corrected chi connectivity index (χ0v) is 19.8. The first kappa shape index (κ1) is 22.6. The van der Waals surface area contributed by atoms with E-state index in [1.54, 1.807) is 23.0 Å². The third-order valence-electron chi connectivity index (χ3n) is 6.33. The van der Waals surface area contributed by atoms with E-state index in [0.717, 1.165) is 35.3 Å². The van der Waals surface area contributed by atoms with Crippen molar-refractivity contribution in [3.63, 3.8) is 0 Å².